The number of nitrogens with zero attached hydrogens (tertiary/aromatic N) is 2. The molecule has 0 saturated heterocycles. The summed E-state index contributed by atoms with van der Waals surface area (Å²) in [4.78, 5) is 16.8. The maximum atomic E-state index is 13.9. The highest BCUT2D eigenvalue weighted by Gasteiger charge is 2.27. The summed E-state index contributed by atoms with van der Waals surface area (Å²) in [5, 5.41) is 6.53. The zero-order valence-electron chi connectivity index (χ0n) is 15.9. The van der Waals surface area contributed by atoms with Crippen molar-refractivity contribution in [3.8, 4) is 11.4 Å². The highest BCUT2D eigenvalue weighted by Crippen LogP contribution is 2.25. The summed E-state index contributed by atoms with van der Waals surface area (Å²) in [5.41, 5.74) is 6.63. The van der Waals surface area contributed by atoms with E-state index in [2.05, 4.69) is 15.5 Å². The molecule has 1 heterocycles. The van der Waals surface area contributed by atoms with Gasteiger partial charge in [0.2, 0.25) is 11.7 Å². The van der Waals surface area contributed by atoms with Crippen molar-refractivity contribution in [1.82, 2.24) is 15.5 Å². The average Bonchev–Trinajstić information content (AvgIpc) is 3.15. The van der Waals surface area contributed by atoms with E-state index in [0.717, 1.165) is 23.3 Å². The number of rotatable bonds is 6. The average molecular weight is 423 g/mol. The van der Waals surface area contributed by atoms with E-state index < -0.39 is 29.1 Å². The first-order valence-electron chi connectivity index (χ1n) is 8.78. The van der Waals surface area contributed by atoms with E-state index in [1.165, 1.54) is 6.07 Å². The first-order chi connectivity index (χ1) is 13.4. The van der Waals surface area contributed by atoms with Crippen LogP contribution in [0.1, 0.15) is 41.7 Å². The number of carbonyl (C=O) groups is 1. The van der Waals surface area contributed by atoms with Crippen LogP contribution in [0.15, 0.2) is 47.0 Å². The van der Waals surface area contributed by atoms with Gasteiger partial charge in [-0.1, -0.05) is 49.3 Å². The van der Waals surface area contributed by atoms with Crippen LogP contribution in [-0.4, -0.2) is 16.0 Å². The van der Waals surface area contributed by atoms with Crippen LogP contribution in [0.5, 0.6) is 0 Å². The van der Waals surface area contributed by atoms with Crippen molar-refractivity contribution < 1.29 is 18.1 Å². The van der Waals surface area contributed by atoms with E-state index >= 15 is 0 Å². The number of hydrogen-bond donors (Lipinski definition) is 2. The van der Waals surface area contributed by atoms with Gasteiger partial charge in [-0.05, 0) is 23.6 Å². The van der Waals surface area contributed by atoms with E-state index in [1.807, 2.05) is 38.1 Å². The summed E-state index contributed by atoms with van der Waals surface area (Å²) < 4.78 is 33.1. The Morgan fingerprint density at radius 2 is 1.76 bits per heavy atom. The number of halogens is 3. The third kappa shape index (κ3) is 4.96. The quantitative estimate of drug-likeness (QED) is 0.625. The van der Waals surface area contributed by atoms with Crippen LogP contribution in [0.3, 0.4) is 0 Å². The fourth-order valence-electron chi connectivity index (χ4n) is 2.71. The second-order valence-electron chi connectivity index (χ2n) is 6.65. The lowest BCUT2D eigenvalue weighted by atomic mass is 10.0. The summed E-state index contributed by atoms with van der Waals surface area (Å²) in [5.74, 6) is -2.43. The van der Waals surface area contributed by atoms with Crippen molar-refractivity contribution >= 4 is 18.3 Å². The van der Waals surface area contributed by atoms with Gasteiger partial charge in [0.25, 0.3) is 5.91 Å². The predicted molar refractivity (Wildman–Crippen MR) is 106 cm³/mol. The van der Waals surface area contributed by atoms with Crippen molar-refractivity contribution in [3.05, 3.63) is 71.1 Å². The molecule has 0 fully saturated rings. The molecule has 0 radical (unpaired) electrons. The Kier molecular flexibility index (Phi) is 7.41. The van der Waals surface area contributed by atoms with Crippen LogP contribution in [0.4, 0.5) is 8.78 Å². The number of hydrogen-bond acceptors (Lipinski definition) is 5. The van der Waals surface area contributed by atoms with Gasteiger partial charge in [-0.25, -0.2) is 8.78 Å². The lowest BCUT2D eigenvalue weighted by Gasteiger charge is -2.18. The van der Waals surface area contributed by atoms with Gasteiger partial charge < -0.3 is 15.6 Å². The predicted octanol–water partition coefficient (Wildman–Crippen LogP) is 4.02. The van der Waals surface area contributed by atoms with Gasteiger partial charge in [-0.15, -0.1) is 12.4 Å². The number of carbonyl (C=O) groups excluding carboxylic acids is 1. The van der Waals surface area contributed by atoms with E-state index in [-0.39, 0.29) is 24.2 Å². The zero-order valence-corrected chi connectivity index (χ0v) is 16.7. The molecule has 1 unspecified atom stereocenters. The van der Waals surface area contributed by atoms with E-state index in [9.17, 15) is 13.6 Å². The summed E-state index contributed by atoms with van der Waals surface area (Å²) in [7, 11) is 0. The standard InChI is InChI=1S/C20H20F2N4O2.ClH/c1-11(2)17(24-19(27)16-14(21)4-3-5-15(16)22)20-25-18(26-28-20)13-8-6-12(10-23)7-9-13;/h3-9,11,17H,10,23H2,1-2H3,(H,24,27);1H. The minimum atomic E-state index is -0.939. The molecule has 0 bridgehead atoms. The van der Waals surface area contributed by atoms with Crippen LogP contribution in [0.25, 0.3) is 11.4 Å². The molecule has 3 rings (SSSR count). The lowest BCUT2D eigenvalue weighted by molar-refractivity contribution is 0.0905. The molecule has 0 aliphatic rings. The topological polar surface area (TPSA) is 94.0 Å². The molecule has 2 aromatic carbocycles. The van der Waals surface area contributed by atoms with Crippen molar-refractivity contribution in [2.24, 2.45) is 11.7 Å². The molecule has 1 amide bonds. The van der Waals surface area contributed by atoms with Crippen LogP contribution in [0.2, 0.25) is 0 Å². The van der Waals surface area contributed by atoms with Gasteiger partial charge in [0.05, 0.1) is 0 Å². The van der Waals surface area contributed by atoms with Gasteiger partial charge in [0.1, 0.15) is 23.2 Å². The Balaban J connectivity index is 0.00000300. The number of aromatic nitrogens is 2. The number of nitrogens with two attached hydrogens (primary N) is 1. The van der Waals surface area contributed by atoms with Crippen LogP contribution in [0, 0.1) is 17.6 Å². The molecule has 9 heteroatoms. The Labute approximate surface area is 172 Å². The van der Waals surface area contributed by atoms with Crippen LogP contribution >= 0.6 is 12.4 Å². The fraction of sp³-hybridized carbons (Fsp3) is 0.250. The molecule has 0 spiro atoms. The molecule has 0 aliphatic carbocycles. The molecule has 6 nitrogen and oxygen atoms in total. The molecular formula is C20H21ClF2N4O2. The first kappa shape index (κ1) is 22.4. The zero-order chi connectivity index (χ0) is 20.3. The minimum absolute atomic E-state index is 0. The molecule has 3 aromatic rings. The first-order valence-corrected chi connectivity index (χ1v) is 8.78. The van der Waals surface area contributed by atoms with Crippen molar-refractivity contribution in [2.45, 2.75) is 26.4 Å². The number of benzene rings is 2. The summed E-state index contributed by atoms with van der Waals surface area (Å²) in [6.07, 6.45) is 0. The summed E-state index contributed by atoms with van der Waals surface area (Å²) in [6.45, 7) is 4.07. The lowest BCUT2D eigenvalue weighted by Crippen LogP contribution is -2.33. The van der Waals surface area contributed by atoms with Crippen molar-refractivity contribution in [3.63, 3.8) is 0 Å². The summed E-state index contributed by atoms with van der Waals surface area (Å²) in [6, 6.07) is 9.87. The van der Waals surface area contributed by atoms with Crippen LogP contribution < -0.4 is 11.1 Å². The Bertz CT molecular complexity index is 957. The number of nitrogens with one attached hydrogen (secondary N) is 1. The highest BCUT2D eigenvalue weighted by molar-refractivity contribution is 5.95. The van der Waals surface area contributed by atoms with E-state index in [1.54, 1.807) is 0 Å². The normalized spacial score (nSPS) is 11.8. The van der Waals surface area contributed by atoms with Crippen molar-refractivity contribution in [2.75, 3.05) is 0 Å². The molecule has 154 valence electrons. The molecule has 29 heavy (non-hydrogen) atoms. The number of amides is 1. The molecule has 1 atom stereocenters. The second-order valence-corrected chi connectivity index (χ2v) is 6.65. The highest BCUT2D eigenvalue weighted by atomic mass is 35.5. The monoisotopic (exact) mass is 422 g/mol. The molecule has 3 N–H and O–H groups in total. The van der Waals surface area contributed by atoms with Gasteiger partial charge in [0.15, 0.2) is 0 Å². The third-order valence-corrected chi connectivity index (χ3v) is 4.30. The molecule has 0 aliphatic heterocycles. The fourth-order valence-corrected chi connectivity index (χ4v) is 2.71. The second kappa shape index (κ2) is 9.58. The molecule has 0 saturated carbocycles. The van der Waals surface area contributed by atoms with Gasteiger partial charge >= 0.3 is 0 Å². The summed E-state index contributed by atoms with van der Waals surface area (Å²) >= 11 is 0. The Hall–Kier alpha value is -2.84. The molecule has 1 aromatic heterocycles. The molecular weight excluding hydrogens is 402 g/mol. The van der Waals surface area contributed by atoms with Gasteiger partial charge in [-0.2, -0.15) is 4.98 Å². The van der Waals surface area contributed by atoms with Gasteiger partial charge in [-0.3, -0.25) is 4.79 Å². The maximum Gasteiger partial charge on any atom is 0.257 e. The van der Waals surface area contributed by atoms with Crippen LogP contribution in [-0.2, 0) is 6.54 Å². The third-order valence-electron chi connectivity index (χ3n) is 4.30. The van der Waals surface area contributed by atoms with E-state index in [0.29, 0.717) is 12.4 Å². The Morgan fingerprint density at radius 3 is 2.31 bits per heavy atom. The van der Waals surface area contributed by atoms with Gasteiger partial charge in [0, 0.05) is 12.1 Å². The minimum Gasteiger partial charge on any atom is -0.340 e. The smallest absolute Gasteiger partial charge is 0.257 e. The largest absolute Gasteiger partial charge is 0.340 e. The maximum absolute atomic E-state index is 13.9. The SMILES string of the molecule is CC(C)C(NC(=O)c1c(F)cccc1F)c1nc(-c2ccc(CN)cc2)no1.Cl. The Morgan fingerprint density at radius 1 is 1.14 bits per heavy atom. The van der Waals surface area contributed by atoms with E-state index in [4.69, 9.17) is 10.3 Å². The van der Waals surface area contributed by atoms with Crippen molar-refractivity contribution in [1.29, 1.82) is 0 Å².